The number of carbonyl (C=O) groups is 3. The normalized spacial score (nSPS) is 13.1. The number of amides is 1. The summed E-state index contributed by atoms with van der Waals surface area (Å²) in [7, 11) is 0. The predicted molar refractivity (Wildman–Crippen MR) is 105 cm³/mol. The van der Waals surface area contributed by atoms with Gasteiger partial charge in [0.25, 0.3) is 11.7 Å². The van der Waals surface area contributed by atoms with Gasteiger partial charge in [-0.25, -0.2) is 4.79 Å². The number of esters is 1. The number of hydrogen-bond acceptors (Lipinski definition) is 6. The lowest BCUT2D eigenvalue weighted by Crippen LogP contribution is -2.35. The summed E-state index contributed by atoms with van der Waals surface area (Å²) in [6.07, 6.45) is 0.795. The highest BCUT2D eigenvalue weighted by molar-refractivity contribution is 6.52. The SMILES string of the molecule is CCc1ccc2c(COC(=O)CN3C(=O)C(=O)c4ccccc43)cc(=O)oc2c1. The van der Waals surface area contributed by atoms with Gasteiger partial charge in [-0.3, -0.25) is 19.3 Å². The number of benzene rings is 2. The highest BCUT2D eigenvalue weighted by atomic mass is 16.5. The lowest BCUT2D eigenvalue weighted by atomic mass is 10.1. The van der Waals surface area contributed by atoms with Crippen LogP contribution in [0.1, 0.15) is 28.4 Å². The average molecular weight is 391 g/mol. The minimum atomic E-state index is -0.763. The summed E-state index contributed by atoms with van der Waals surface area (Å²) < 4.78 is 10.5. The minimum Gasteiger partial charge on any atom is -0.459 e. The van der Waals surface area contributed by atoms with Crippen LogP contribution in [-0.4, -0.2) is 24.2 Å². The summed E-state index contributed by atoms with van der Waals surface area (Å²) in [6.45, 7) is 1.46. The molecule has 0 saturated heterocycles. The van der Waals surface area contributed by atoms with Crippen LogP contribution >= 0.6 is 0 Å². The van der Waals surface area contributed by atoms with Crippen molar-refractivity contribution in [1.82, 2.24) is 0 Å². The van der Waals surface area contributed by atoms with Crippen LogP contribution in [0.3, 0.4) is 0 Å². The molecule has 1 aliphatic rings. The molecule has 0 N–H and O–H groups in total. The Kier molecular flexibility index (Phi) is 4.72. The molecule has 0 atom stereocenters. The van der Waals surface area contributed by atoms with Crippen molar-refractivity contribution in [3.63, 3.8) is 0 Å². The van der Waals surface area contributed by atoms with E-state index in [4.69, 9.17) is 9.15 Å². The molecular weight excluding hydrogens is 374 g/mol. The molecule has 7 heteroatoms. The highest BCUT2D eigenvalue weighted by Gasteiger charge is 2.36. The third-order valence-electron chi connectivity index (χ3n) is 4.86. The van der Waals surface area contributed by atoms with Gasteiger partial charge in [-0.05, 0) is 30.2 Å². The monoisotopic (exact) mass is 391 g/mol. The zero-order valence-corrected chi connectivity index (χ0v) is 15.6. The van der Waals surface area contributed by atoms with Gasteiger partial charge in [0.1, 0.15) is 18.7 Å². The minimum absolute atomic E-state index is 0.149. The fraction of sp³-hybridized carbons (Fsp3) is 0.182. The van der Waals surface area contributed by atoms with E-state index in [1.54, 1.807) is 30.3 Å². The standard InChI is InChI=1S/C22H17NO6/c1-2-13-7-8-15-14(10-19(24)29-18(15)9-13)12-28-20(25)11-23-17-6-4-3-5-16(17)21(26)22(23)27/h3-10H,2,11-12H2,1H3. The highest BCUT2D eigenvalue weighted by Crippen LogP contribution is 2.28. The van der Waals surface area contributed by atoms with E-state index in [-0.39, 0.29) is 18.7 Å². The summed E-state index contributed by atoms with van der Waals surface area (Å²) in [5.74, 6) is -2.10. The second-order valence-electron chi connectivity index (χ2n) is 6.67. The van der Waals surface area contributed by atoms with Crippen LogP contribution in [0.2, 0.25) is 0 Å². The molecule has 0 saturated carbocycles. The van der Waals surface area contributed by atoms with Gasteiger partial charge < -0.3 is 9.15 Å². The molecule has 7 nitrogen and oxygen atoms in total. The number of fused-ring (bicyclic) bond motifs is 2. The molecule has 2 aromatic carbocycles. The number of ketones is 1. The first kappa shape index (κ1) is 18.6. The first-order valence-corrected chi connectivity index (χ1v) is 9.14. The molecule has 29 heavy (non-hydrogen) atoms. The molecule has 0 radical (unpaired) electrons. The summed E-state index contributed by atoms with van der Waals surface area (Å²) in [4.78, 5) is 49.5. The van der Waals surface area contributed by atoms with Crippen molar-refractivity contribution in [2.45, 2.75) is 20.0 Å². The van der Waals surface area contributed by atoms with Crippen LogP contribution in [-0.2, 0) is 27.4 Å². The van der Waals surface area contributed by atoms with Gasteiger partial charge >= 0.3 is 11.6 Å². The van der Waals surface area contributed by atoms with Crippen molar-refractivity contribution in [1.29, 1.82) is 0 Å². The van der Waals surface area contributed by atoms with Crippen LogP contribution in [0.15, 0.2) is 57.7 Å². The number of Topliss-reactive ketones (excluding diaryl/α,β-unsaturated/α-hetero) is 1. The zero-order chi connectivity index (χ0) is 20.5. The number of anilines is 1. The maximum Gasteiger partial charge on any atom is 0.336 e. The molecule has 0 unspecified atom stereocenters. The van der Waals surface area contributed by atoms with E-state index in [0.717, 1.165) is 16.9 Å². The van der Waals surface area contributed by atoms with Gasteiger partial charge in [0.15, 0.2) is 0 Å². The second-order valence-corrected chi connectivity index (χ2v) is 6.67. The number of para-hydroxylation sites is 1. The molecule has 0 spiro atoms. The average Bonchev–Trinajstić information content (AvgIpc) is 2.96. The Bertz CT molecular complexity index is 1210. The lowest BCUT2D eigenvalue weighted by molar-refractivity contribution is -0.143. The van der Waals surface area contributed by atoms with E-state index in [1.807, 2.05) is 19.1 Å². The topological polar surface area (TPSA) is 93.9 Å². The van der Waals surface area contributed by atoms with Gasteiger partial charge in [-0.1, -0.05) is 31.2 Å². The molecule has 2 heterocycles. The molecule has 1 aliphatic heterocycles. The largest absolute Gasteiger partial charge is 0.459 e. The molecule has 0 bridgehead atoms. The van der Waals surface area contributed by atoms with E-state index in [2.05, 4.69) is 0 Å². The Hall–Kier alpha value is -3.74. The van der Waals surface area contributed by atoms with Crippen LogP contribution in [0.25, 0.3) is 11.0 Å². The number of aryl methyl sites for hydroxylation is 1. The lowest BCUT2D eigenvalue weighted by Gasteiger charge is -2.15. The second kappa shape index (κ2) is 7.35. The summed E-state index contributed by atoms with van der Waals surface area (Å²) in [5, 5.41) is 0.673. The van der Waals surface area contributed by atoms with Gasteiger partial charge in [0, 0.05) is 17.0 Å². The van der Waals surface area contributed by atoms with E-state index in [1.165, 1.54) is 6.07 Å². The van der Waals surface area contributed by atoms with E-state index >= 15 is 0 Å². The quantitative estimate of drug-likeness (QED) is 0.377. The third kappa shape index (κ3) is 3.42. The third-order valence-corrected chi connectivity index (χ3v) is 4.86. The molecule has 0 fully saturated rings. The van der Waals surface area contributed by atoms with E-state index in [0.29, 0.717) is 22.2 Å². The van der Waals surface area contributed by atoms with Gasteiger partial charge in [0.05, 0.1) is 11.3 Å². The Morgan fingerprint density at radius 1 is 1.07 bits per heavy atom. The number of rotatable bonds is 5. The van der Waals surface area contributed by atoms with Gasteiger partial charge in [-0.15, -0.1) is 0 Å². The number of ether oxygens (including phenoxy) is 1. The smallest absolute Gasteiger partial charge is 0.336 e. The summed E-state index contributed by atoms with van der Waals surface area (Å²) in [6, 6.07) is 13.3. The summed E-state index contributed by atoms with van der Waals surface area (Å²) >= 11 is 0. The number of nitrogens with zero attached hydrogens (tertiary/aromatic N) is 1. The Morgan fingerprint density at radius 3 is 2.66 bits per heavy atom. The Morgan fingerprint density at radius 2 is 1.86 bits per heavy atom. The van der Waals surface area contributed by atoms with Crippen molar-refractivity contribution >= 4 is 34.3 Å². The van der Waals surface area contributed by atoms with E-state index < -0.39 is 23.3 Å². The molecule has 4 rings (SSSR count). The van der Waals surface area contributed by atoms with E-state index in [9.17, 15) is 19.2 Å². The number of hydrogen-bond donors (Lipinski definition) is 0. The maximum absolute atomic E-state index is 12.3. The molecule has 1 amide bonds. The fourth-order valence-corrected chi connectivity index (χ4v) is 3.35. The predicted octanol–water partition coefficient (Wildman–Crippen LogP) is 2.63. The van der Waals surface area contributed by atoms with Crippen LogP contribution in [0.4, 0.5) is 5.69 Å². The molecular formula is C22H17NO6. The van der Waals surface area contributed by atoms with Crippen molar-refractivity contribution < 1.29 is 23.5 Å². The molecule has 3 aromatic rings. The van der Waals surface area contributed by atoms with Crippen molar-refractivity contribution in [3.8, 4) is 0 Å². The first-order chi connectivity index (χ1) is 14.0. The van der Waals surface area contributed by atoms with Gasteiger partial charge in [-0.2, -0.15) is 0 Å². The Balaban J connectivity index is 1.52. The fourth-order valence-electron chi connectivity index (χ4n) is 3.35. The Labute approximate surface area is 165 Å². The van der Waals surface area contributed by atoms with Crippen molar-refractivity contribution in [2.75, 3.05) is 11.4 Å². The van der Waals surface area contributed by atoms with Crippen molar-refractivity contribution in [3.05, 3.63) is 75.6 Å². The number of carbonyl (C=O) groups excluding carboxylic acids is 3. The van der Waals surface area contributed by atoms with Crippen LogP contribution in [0.5, 0.6) is 0 Å². The van der Waals surface area contributed by atoms with Crippen LogP contribution < -0.4 is 10.5 Å². The zero-order valence-electron chi connectivity index (χ0n) is 15.6. The van der Waals surface area contributed by atoms with Crippen molar-refractivity contribution in [2.24, 2.45) is 0 Å². The summed E-state index contributed by atoms with van der Waals surface area (Å²) in [5.41, 5.74) is 2.08. The first-order valence-electron chi connectivity index (χ1n) is 9.14. The molecule has 146 valence electrons. The van der Waals surface area contributed by atoms with Gasteiger partial charge in [0.2, 0.25) is 0 Å². The molecule has 0 aliphatic carbocycles. The molecule has 1 aromatic heterocycles. The van der Waals surface area contributed by atoms with Crippen LogP contribution in [0, 0.1) is 0 Å². The maximum atomic E-state index is 12.3.